The predicted octanol–water partition coefficient (Wildman–Crippen LogP) is 2.73. The summed E-state index contributed by atoms with van der Waals surface area (Å²) in [6.07, 6.45) is 4.12. The van der Waals surface area contributed by atoms with E-state index in [4.69, 9.17) is 9.47 Å². The number of morpholine rings is 1. The Bertz CT molecular complexity index is 697. The van der Waals surface area contributed by atoms with Gasteiger partial charge in [0.2, 0.25) is 5.91 Å². The minimum atomic E-state index is -0.183. The van der Waals surface area contributed by atoms with Gasteiger partial charge >= 0.3 is 6.03 Å². The number of nitrogens with one attached hydrogen (secondary N) is 1. The zero-order valence-electron chi connectivity index (χ0n) is 17.0. The van der Waals surface area contributed by atoms with E-state index >= 15 is 0 Å². The molecule has 29 heavy (non-hydrogen) atoms. The van der Waals surface area contributed by atoms with E-state index in [1.807, 2.05) is 40.1 Å². The first-order chi connectivity index (χ1) is 14.1. The van der Waals surface area contributed by atoms with Crippen LogP contribution in [-0.2, 0) is 14.3 Å². The van der Waals surface area contributed by atoms with Crippen LogP contribution in [0.25, 0.3) is 0 Å². The van der Waals surface area contributed by atoms with Crippen molar-refractivity contribution in [1.29, 1.82) is 0 Å². The molecule has 0 radical (unpaired) electrons. The molecule has 4 rings (SSSR count). The monoisotopic (exact) mass is 401 g/mol. The van der Waals surface area contributed by atoms with E-state index < -0.39 is 0 Å². The molecule has 1 unspecified atom stereocenters. The molecule has 0 saturated carbocycles. The van der Waals surface area contributed by atoms with Gasteiger partial charge < -0.3 is 24.6 Å². The molecule has 1 atom stereocenters. The Morgan fingerprint density at radius 2 is 1.72 bits per heavy atom. The number of likely N-dealkylation sites (tertiary alicyclic amines) is 1. The molecule has 3 aliphatic heterocycles. The molecule has 158 valence electrons. The summed E-state index contributed by atoms with van der Waals surface area (Å²) in [5.74, 6) is 0.610. The number of ether oxygens (including phenoxy) is 2. The third-order valence-corrected chi connectivity index (χ3v) is 6.41. The van der Waals surface area contributed by atoms with Crippen LogP contribution in [0, 0.1) is 5.92 Å². The lowest BCUT2D eigenvalue weighted by molar-refractivity contribution is -0.143. The fraction of sp³-hybridized carbons (Fsp3) is 0.636. The molecule has 1 aromatic rings. The number of carbonyl (C=O) groups excluding carboxylic acids is 2. The Morgan fingerprint density at radius 1 is 1.00 bits per heavy atom. The summed E-state index contributed by atoms with van der Waals surface area (Å²) in [5.41, 5.74) is 0.631. The van der Waals surface area contributed by atoms with Crippen LogP contribution in [0.3, 0.4) is 0 Å². The Hall–Kier alpha value is -2.12. The van der Waals surface area contributed by atoms with Gasteiger partial charge in [0.05, 0.1) is 18.8 Å². The average molecular weight is 402 g/mol. The number of para-hydroxylation sites is 1. The van der Waals surface area contributed by atoms with E-state index in [1.165, 1.54) is 0 Å². The molecule has 3 heterocycles. The lowest BCUT2D eigenvalue weighted by Crippen LogP contribution is -2.52. The zero-order chi connectivity index (χ0) is 20.1. The van der Waals surface area contributed by atoms with Crippen molar-refractivity contribution in [3.8, 4) is 0 Å². The van der Waals surface area contributed by atoms with Crippen molar-refractivity contribution in [1.82, 2.24) is 9.80 Å². The summed E-state index contributed by atoms with van der Waals surface area (Å²) in [6, 6.07) is 9.49. The van der Waals surface area contributed by atoms with Gasteiger partial charge in [0.1, 0.15) is 0 Å². The van der Waals surface area contributed by atoms with E-state index in [9.17, 15) is 9.59 Å². The van der Waals surface area contributed by atoms with Crippen molar-refractivity contribution in [2.75, 3.05) is 51.3 Å². The van der Waals surface area contributed by atoms with Crippen LogP contribution < -0.4 is 5.32 Å². The number of hydrogen-bond acceptors (Lipinski definition) is 4. The van der Waals surface area contributed by atoms with Gasteiger partial charge in [-0.25, -0.2) is 4.79 Å². The Kier molecular flexibility index (Phi) is 6.35. The first-order valence-corrected chi connectivity index (χ1v) is 10.7. The second kappa shape index (κ2) is 9.13. The third kappa shape index (κ3) is 5.08. The summed E-state index contributed by atoms with van der Waals surface area (Å²) in [5, 5.41) is 2.96. The first kappa shape index (κ1) is 20.2. The van der Waals surface area contributed by atoms with Crippen LogP contribution in [0.2, 0.25) is 0 Å². The van der Waals surface area contributed by atoms with Gasteiger partial charge in [0, 0.05) is 44.9 Å². The summed E-state index contributed by atoms with van der Waals surface area (Å²) in [6.45, 7) is 4.77. The van der Waals surface area contributed by atoms with Gasteiger partial charge in [0.25, 0.3) is 0 Å². The van der Waals surface area contributed by atoms with Crippen LogP contribution in [0.15, 0.2) is 30.3 Å². The molecule has 1 spiro atoms. The number of nitrogens with zero attached hydrogens (tertiary/aromatic N) is 2. The van der Waals surface area contributed by atoms with Crippen LogP contribution in [0.5, 0.6) is 0 Å². The molecule has 0 aromatic heterocycles. The van der Waals surface area contributed by atoms with Gasteiger partial charge in [-0.1, -0.05) is 18.2 Å². The summed E-state index contributed by atoms with van der Waals surface area (Å²) >= 11 is 0. The molecule has 0 bridgehead atoms. The average Bonchev–Trinajstić information content (AvgIpc) is 2.75. The molecule has 7 nitrogen and oxygen atoms in total. The molecule has 3 fully saturated rings. The van der Waals surface area contributed by atoms with E-state index in [0.717, 1.165) is 31.4 Å². The predicted molar refractivity (Wildman–Crippen MR) is 110 cm³/mol. The van der Waals surface area contributed by atoms with Gasteiger partial charge in [-0.05, 0) is 43.7 Å². The third-order valence-electron chi connectivity index (χ3n) is 6.41. The number of carbonyl (C=O) groups is 2. The second-order valence-electron chi connectivity index (χ2n) is 8.37. The Balaban J connectivity index is 1.27. The molecule has 3 aliphatic rings. The number of rotatable bonds is 3. The zero-order valence-corrected chi connectivity index (χ0v) is 17.0. The van der Waals surface area contributed by atoms with Gasteiger partial charge in [-0.2, -0.15) is 0 Å². The van der Waals surface area contributed by atoms with Crippen molar-refractivity contribution < 1.29 is 19.1 Å². The van der Waals surface area contributed by atoms with Crippen LogP contribution in [0.4, 0.5) is 10.5 Å². The molecule has 1 aromatic carbocycles. The van der Waals surface area contributed by atoms with Gasteiger partial charge in [-0.15, -0.1) is 0 Å². The molecule has 3 saturated heterocycles. The summed E-state index contributed by atoms with van der Waals surface area (Å²) in [4.78, 5) is 29.0. The molecular formula is C22H31N3O4. The fourth-order valence-electron chi connectivity index (χ4n) is 4.68. The largest absolute Gasteiger partial charge is 0.378 e. The van der Waals surface area contributed by atoms with Crippen molar-refractivity contribution in [2.45, 2.75) is 37.7 Å². The fourth-order valence-corrected chi connectivity index (χ4v) is 4.68. The lowest BCUT2D eigenvalue weighted by Gasteiger charge is -2.46. The van der Waals surface area contributed by atoms with Gasteiger partial charge in [0.15, 0.2) is 0 Å². The van der Waals surface area contributed by atoms with E-state index in [-0.39, 0.29) is 17.5 Å². The van der Waals surface area contributed by atoms with E-state index in [0.29, 0.717) is 58.3 Å². The highest BCUT2D eigenvalue weighted by Crippen LogP contribution is 2.39. The highest BCUT2D eigenvalue weighted by molar-refractivity contribution is 5.89. The smallest absolute Gasteiger partial charge is 0.321 e. The maximum Gasteiger partial charge on any atom is 0.321 e. The first-order valence-electron chi connectivity index (χ1n) is 10.7. The molecule has 3 amide bonds. The molecule has 1 N–H and O–H groups in total. The topological polar surface area (TPSA) is 71.1 Å². The minimum Gasteiger partial charge on any atom is -0.378 e. The standard InChI is InChI=1S/C22H31N3O4/c26-20(24-11-14-28-15-12-24)16-18-6-13-29-22(17-18)7-9-25(10-8-22)21(27)23-19-4-2-1-3-5-19/h1-5,18H,6-17H2,(H,23,27). The van der Waals surface area contributed by atoms with Crippen LogP contribution in [-0.4, -0.2) is 73.3 Å². The highest BCUT2D eigenvalue weighted by atomic mass is 16.5. The number of piperidine rings is 1. The van der Waals surface area contributed by atoms with Crippen molar-refractivity contribution in [3.05, 3.63) is 30.3 Å². The van der Waals surface area contributed by atoms with Gasteiger partial charge in [-0.3, -0.25) is 4.79 Å². The summed E-state index contributed by atoms with van der Waals surface area (Å²) < 4.78 is 11.6. The Morgan fingerprint density at radius 3 is 2.45 bits per heavy atom. The number of urea groups is 1. The highest BCUT2D eigenvalue weighted by Gasteiger charge is 2.41. The summed E-state index contributed by atoms with van der Waals surface area (Å²) in [7, 11) is 0. The molecule has 0 aliphatic carbocycles. The van der Waals surface area contributed by atoms with E-state index in [2.05, 4.69) is 5.32 Å². The minimum absolute atomic E-state index is 0.0547. The number of anilines is 1. The SMILES string of the molecule is O=C(CC1CCOC2(CCN(C(=O)Nc3ccccc3)CC2)C1)N1CCOCC1. The van der Waals surface area contributed by atoms with Crippen molar-refractivity contribution in [3.63, 3.8) is 0 Å². The molecular weight excluding hydrogens is 370 g/mol. The maximum absolute atomic E-state index is 12.6. The van der Waals surface area contributed by atoms with Crippen molar-refractivity contribution >= 4 is 17.6 Å². The second-order valence-corrected chi connectivity index (χ2v) is 8.37. The number of hydrogen-bond donors (Lipinski definition) is 1. The Labute approximate surface area is 172 Å². The van der Waals surface area contributed by atoms with E-state index in [1.54, 1.807) is 0 Å². The maximum atomic E-state index is 12.6. The number of amides is 3. The normalized spacial score (nSPS) is 24.3. The quantitative estimate of drug-likeness (QED) is 0.845. The van der Waals surface area contributed by atoms with Crippen LogP contribution in [0.1, 0.15) is 32.1 Å². The van der Waals surface area contributed by atoms with Crippen LogP contribution >= 0.6 is 0 Å². The number of benzene rings is 1. The lowest BCUT2D eigenvalue weighted by atomic mass is 9.78. The molecule has 7 heteroatoms. The van der Waals surface area contributed by atoms with Crippen molar-refractivity contribution in [2.24, 2.45) is 5.92 Å².